The Morgan fingerprint density at radius 1 is 1.50 bits per heavy atom. The highest BCUT2D eigenvalue weighted by Crippen LogP contribution is 2.20. The summed E-state index contributed by atoms with van der Waals surface area (Å²) in [6.07, 6.45) is 1.63. The van der Waals surface area contributed by atoms with Crippen LogP contribution >= 0.6 is 15.9 Å². The summed E-state index contributed by atoms with van der Waals surface area (Å²) in [7, 11) is 0. The first-order valence-electron chi connectivity index (χ1n) is 6.88. The number of hydrogen-bond acceptors (Lipinski definition) is 2. The molecule has 0 bridgehead atoms. The van der Waals surface area contributed by atoms with E-state index in [-0.39, 0.29) is 23.7 Å². The van der Waals surface area contributed by atoms with Gasteiger partial charge in [-0.25, -0.2) is 4.39 Å². The van der Waals surface area contributed by atoms with Crippen LogP contribution in [0.25, 0.3) is 0 Å². The number of rotatable bonds is 3. The first-order valence-corrected chi connectivity index (χ1v) is 7.67. The standard InChI is InChI=1S/C15H19BrFNO2/c1-10(8-11-2-3-14(17)13(16)9-11)15(20)18-6-4-12(19)5-7-18/h2-3,9-10,12,19H,4-8H2,1H3. The number of halogens is 2. The summed E-state index contributed by atoms with van der Waals surface area (Å²) in [4.78, 5) is 14.1. The van der Waals surface area contributed by atoms with Crippen molar-refractivity contribution in [3.05, 3.63) is 34.1 Å². The largest absolute Gasteiger partial charge is 0.393 e. The monoisotopic (exact) mass is 343 g/mol. The lowest BCUT2D eigenvalue weighted by atomic mass is 9.98. The Morgan fingerprint density at radius 3 is 2.75 bits per heavy atom. The summed E-state index contributed by atoms with van der Waals surface area (Å²) in [5.74, 6) is -0.322. The predicted octanol–water partition coefficient (Wildman–Crippen LogP) is 2.75. The zero-order valence-electron chi connectivity index (χ0n) is 11.5. The van der Waals surface area contributed by atoms with E-state index in [1.54, 1.807) is 12.1 Å². The molecule has 1 atom stereocenters. The van der Waals surface area contributed by atoms with E-state index in [4.69, 9.17) is 0 Å². The van der Waals surface area contributed by atoms with Crippen LogP contribution in [0.3, 0.4) is 0 Å². The molecule has 1 aromatic carbocycles. The Kier molecular flexibility index (Phi) is 5.16. The summed E-state index contributed by atoms with van der Waals surface area (Å²) in [5, 5.41) is 9.46. The SMILES string of the molecule is CC(Cc1ccc(F)c(Br)c1)C(=O)N1CCC(O)CC1. The van der Waals surface area contributed by atoms with E-state index >= 15 is 0 Å². The number of aliphatic hydroxyl groups excluding tert-OH is 1. The van der Waals surface area contributed by atoms with Crippen LogP contribution in [0.5, 0.6) is 0 Å². The van der Waals surface area contributed by atoms with Crippen molar-refractivity contribution in [3.8, 4) is 0 Å². The Bertz CT molecular complexity index is 487. The highest BCUT2D eigenvalue weighted by molar-refractivity contribution is 9.10. The molecule has 0 aromatic heterocycles. The molecule has 20 heavy (non-hydrogen) atoms. The average Bonchev–Trinajstić information content (AvgIpc) is 2.43. The van der Waals surface area contributed by atoms with Gasteiger partial charge >= 0.3 is 0 Å². The third-order valence-electron chi connectivity index (χ3n) is 3.72. The molecule has 3 nitrogen and oxygen atoms in total. The lowest BCUT2D eigenvalue weighted by Gasteiger charge is -2.31. The topological polar surface area (TPSA) is 40.5 Å². The summed E-state index contributed by atoms with van der Waals surface area (Å²) < 4.78 is 13.6. The number of amides is 1. The van der Waals surface area contributed by atoms with Crippen molar-refractivity contribution >= 4 is 21.8 Å². The van der Waals surface area contributed by atoms with Crippen molar-refractivity contribution in [2.45, 2.75) is 32.3 Å². The molecule has 0 saturated carbocycles. The van der Waals surface area contributed by atoms with Gasteiger partial charge in [-0.15, -0.1) is 0 Å². The van der Waals surface area contributed by atoms with Gasteiger partial charge in [-0.1, -0.05) is 13.0 Å². The van der Waals surface area contributed by atoms with E-state index in [2.05, 4.69) is 15.9 Å². The maximum absolute atomic E-state index is 13.2. The summed E-state index contributed by atoms with van der Waals surface area (Å²) in [6, 6.07) is 4.84. The minimum absolute atomic E-state index is 0.109. The van der Waals surface area contributed by atoms with Crippen molar-refractivity contribution in [1.29, 1.82) is 0 Å². The van der Waals surface area contributed by atoms with E-state index in [1.165, 1.54) is 6.07 Å². The van der Waals surface area contributed by atoms with Crippen LogP contribution in [-0.2, 0) is 11.2 Å². The molecule has 0 spiro atoms. The number of likely N-dealkylation sites (tertiary alicyclic amines) is 1. The maximum Gasteiger partial charge on any atom is 0.225 e. The molecule has 2 rings (SSSR count). The van der Waals surface area contributed by atoms with Gasteiger partial charge in [-0.2, -0.15) is 0 Å². The molecule has 1 aliphatic rings. The Hall–Kier alpha value is -0.940. The van der Waals surface area contributed by atoms with E-state index in [0.29, 0.717) is 36.8 Å². The first kappa shape index (κ1) is 15.4. The normalized spacial score (nSPS) is 18.1. The van der Waals surface area contributed by atoms with Crippen LogP contribution in [0.15, 0.2) is 22.7 Å². The fraction of sp³-hybridized carbons (Fsp3) is 0.533. The molecule has 5 heteroatoms. The van der Waals surface area contributed by atoms with Crippen molar-refractivity contribution in [1.82, 2.24) is 4.90 Å². The molecular formula is C15H19BrFNO2. The zero-order valence-corrected chi connectivity index (χ0v) is 13.1. The van der Waals surface area contributed by atoms with Gasteiger partial charge in [0, 0.05) is 19.0 Å². The van der Waals surface area contributed by atoms with E-state index in [0.717, 1.165) is 5.56 Å². The molecule has 110 valence electrons. The number of hydrogen-bond donors (Lipinski definition) is 1. The molecule has 1 unspecified atom stereocenters. The molecule has 1 aliphatic heterocycles. The van der Waals surface area contributed by atoms with E-state index in [1.807, 2.05) is 11.8 Å². The van der Waals surface area contributed by atoms with Gasteiger partial charge < -0.3 is 10.0 Å². The van der Waals surface area contributed by atoms with Gasteiger partial charge in [0.05, 0.1) is 10.6 Å². The first-order chi connectivity index (χ1) is 9.47. The highest BCUT2D eigenvalue weighted by atomic mass is 79.9. The van der Waals surface area contributed by atoms with Gasteiger partial charge in [-0.3, -0.25) is 4.79 Å². The van der Waals surface area contributed by atoms with Gasteiger partial charge in [0.25, 0.3) is 0 Å². The molecule has 1 saturated heterocycles. The van der Waals surface area contributed by atoms with Crippen LogP contribution in [0, 0.1) is 11.7 Å². The third kappa shape index (κ3) is 3.79. The lowest BCUT2D eigenvalue weighted by Crippen LogP contribution is -2.42. The molecule has 1 fully saturated rings. The molecule has 1 amide bonds. The number of nitrogens with zero attached hydrogens (tertiary/aromatic N) is 1. The lowest BCUT2D eigenvalue weighted by molar-refractivity contribution is -0.136. The van der Waals surface area contributed by atoms with Gasteiger partial charge in [0.2, 0.25) is 5.91 Å². The van der Waals surface area contributed by atoms with Crippen molar-refractivity contribution in [2.75, 3.05) is 13.1 Å². The number of piperidine rings is 1. The number of carbonyl (C=O) groups excluding carboxylic acids is 1. The van der Waals surface area contributed by atoms with Crippen LogP contribution in [-0.4, -0.2) is 35.1 Å². The molecule has 1 N–H and O–H groups in total. The second-order valence-corrected chi connectivity index (χ2v) is 6.26. The smallest absolute Gasteiger partial charge is 0.225 e. The second kappa shape index (κ2) is 6.68. The molecule has 0 aliphatic carbocycles. The summed E-state index contributed by atoms with van der Waals surface area (Å²) in [5.41, 5.74) is 0.941. The molecule has 1 aromatic rings. The van der Waals surface area contributed by atoms with Crippen LogP contribution in [0.4, 0.5) is 4.39 Å². The second-order valence-electron chi connectivity index (χ2n) is 5.41. The van der Waals surface area contributed by atoms with Gasteiger partial charge in [0.1, 0.15) is 5.82 Å². The van der Waals surface area contributed by atoms with Crippen LogP contribution < -0.4 is 0 Å². The summed E-state index contributed by atoms with van der Waals surface area (Å²) >= 11 is 3.16. The molecule has 0 radical (unpaired) electrons. The number of benzene rings is 1. The third-order valence-corrected chi connectivity index (χ3v) is 4.33. The molecular weight excluding hydrogens is 325 g/mol. The Labute approximate surface area is 126 Å². The fourth-order valence-corrected chi connectivity index (χ4v) is 2.93. The average molecular weight is 344 g/mol. The zero-order chi connectivity index (χ0) is 14.7. The van der Waals surface area contributed by atoms with Crippen molar-refractivity contribution in [2.24, 2.45) is 5.92 Å². The molecule has 1 heterocycles. The Morgan fingerprint density at radius 2 is 2.15 bits per heavy atom. The van der Waals surface area contributed by atoms with Crippen molar-refractivity contribution < 1.29 is 14.3 Å². The van der Waals surface area contributed by atoms with Gasteiger partial charge in [0.15, 0.2) is 0 Å². The maximum atomic E-state index is 13.2. The highest BCUT2D eigenvalue weighted by Gasteiger charge is 2.25. The quantitative estimate of drug-likeness (QED) is 0.916. The number of aliphatic hydroxyl groups is 1. The fourth-order valence-electron chi connectivity index (χ4n) is 2.51. The van der Waals surface area contributed by atoms with Crippen LogP contribution in [0.1, 0.15) is 25.3 Å². The van der Waals surface area contributed by atoms with Gasteiger partial charge in [-0.05, 0) is 52.9 Å². The Balaban J connectivity index is 1.95. The van der Waals surface area contributed by atoms with Crippen molar-refractivity contribution in [3.63, 3.8) is 0 Å². The van der Waals surface area contributed by atoms with Crippen LogP contribution in [0.2, 0.25) is 0 Å². The van der Waals surface area contributed by atoms with E-state index < -0.39 is 0 Å². The minimum atomic E-state index is -0.294. The minimum Gasteiger partial charge on any atom is -0.393 e. The number of carbonyl (C=O) groups is 1. The predicted molar refractivity (Wildman–Crippen MR) is 78.8 cm³/mol. The summed E-state index contributed by atoms with van der Waals surface area (Å²) in [6.45, 7) is 3.14. The van der Waals surface area contributed by atoms with E-state index in [9.17, 15) is 14.3 Å².